The fourth-order valence-electron chi connectivity index (χ4n) is 3.19. The first-order valence-corrected chi connectivity index (χ1v) is 11.9. The van der Waals surface area contributed by atoms with Gasteiger partial charge in [0.2, 0.25) is 0 Å². The van der Waals surface area contributed by atoms with E-state index in [-0.39, 0.29) is 17.9 Å². The van der Waals surface area contributed by atoms with E-state index in [9.17, 15) is 14.4 Å². The molecule has 0 radical (unpaired) electrons. The van der Waals surface area contributed by atoms with Gasteiger partial charge in [-0.05, 0) is 25.7 Å². The molecule has 0 N–H and O–H groups in total. The molecule has 170 valence electrons. The molecule has 0 aliphatic carbocycles. The summed E-state index contributed by atoms with van der Waals surface area (Å²) >= 11 is 0. The molecular weight excluding hydrogens is 368 g/mol. The predicted molar refractivity (Wildman–Crippen MR) is 117 cm³/mol. The predicted octanol–water partition coefficient (Wildman–Crippen LogP) is 6.17. The average Bonchev–Trinajstić information content (AvgIpc) is 2.72. The smallest absolute Gasteiger partial charge is 0.305 e. The lowest BCUT2D eigenvalue weighted by Gasteiger charge is -2.17. The Morgan fingerprint density at radius 2 is 1.17 bits per heavy atom. The zero-order valence-electron chi connectivity index (χ0n) is 18.9. The summed E-state index contributed by atoms with van der Waals surface area (Å²) in [5, 5.41) is 0. The number of ether oxygens (including phenoxy) is 2. The molecule has 0 atom stereocenters. The Hall–Kier alpha value is -1.39. The molecule has 0 aromatic heterocycles. The summed E-state index contributed by atoms with van der Waals surface area (Å²) < 4.78 is 10.9. The summed E-state index contributed by atoms with van der Waals surface area (Å²) in [6.45, 7) is 4.92. The van der Waals surface area contributed by atoms with Gasteiger partial charge in [-0.3, -0.25) is 9.59 Å². The van der Waals surface area contributed by atoms with Crippen LogP contribution in [0.3, 0.4) is 0 Å². The Kier molecular flexibility index (Phi) is 20.3. The van der Waals surface area contributed by atoms with Gasteiger partial charge in [0.1, 0.15) is 6.29 Å². The molecule has 0 unspecified atom stereocenters. The van der Waals surface area contributed by atoms with Gasteiger partial charge in [0.25, 0.3) is 0 Å². The summed E-state index contributed by atoms with van der Waals surface area (Å²) in [6.07, 6.45) is 15.9. The van der Waals surface area contributed by atoms with Gasteiger partial charge in [-0.1, -0.05) is 71.6 Å². The molecule has 0 amide bonds. The van der Waals surface area contributed by atoms with Crippen LogP contribution in [0.1, 0.15) is 117 Å². The second kappa shape index (κ2) is 21.3. The van der Waals surface area contributed by atoms with Crippen molar-refractivity contribution in [1.29, 1.82) is 0 Å². The van der Waals surface area contributed by atoms with Crippen molar-refractivity contribution in [2.24, 2.45) is 5.92 Å². The number of hydrogen-bond acceptors (Lipinski definition) is 5. The van der Waals surface area contributed by atoms with Crippen LogP contribution in [0.2, 0.25) is 0 Å². The van der Waals surface area contributed by atoms with Crippen molar-refractivity contribution in [2.45, 2.75) is 117 Å². The molecule has 0 bridgehead atoms. The van der Waals surface area contributed by atoms with E-state index in [0.29, 0.717) is 32.5 Å². The van der Waals surface area contributed by atoms with Crippen LogP contribution < -0.4 is 0 Å². The minimum atomic E-state index is -0.165. The molecule has 0 aromatic rings. The number of carbonyl (C=O) groups is 3. The Morgan fingerprint density at radius 3 is 1.62 bits per heavy atom. The molecule has 0 spiro atoms. The van der Waals surface area contributed by atoms with Gasteiger partial charge in [0.15, 0.2) is 0 Å². The molecule has 0 aliphatic heterocycles. The first kappa shape index (κ1) is 27.6. The van der Waals surface area contributed by atoms with Crippen LogP contribution >= 0.6 is 0 Å². The average molecular weight is 413 g/mol. The summed E-state index contributed by atoms with van der Waals surface area (Å²) in [5.74, 6) is -0.321. The van der Waals surface area contributed by atoms with Crippen molar-refractivity contribution < 1.29 is 23.9 Å². The number of aldehydes is 1. The van der Waals surface area contributed by atoms with Crippen LogP contribution in [0.4, 0.5) is 0 Å². The third-order valence-electron chi connectivity index (χ3n) is 5.11. The summed E-state index contributed by atoms with van der Waals surface area (Å²) in [7, 11) is 0. The van der Waals surface area contributed by atoms with Gasteiger partial charge in [-0.25, -0.2) is 0 Å². The first-order valence-electron chi connectivity index (χ1n) is 11.9. The van der Waals surface area contributed by atoms with E-state index in [0.717, 1.165) is 64.1 Å². The summed E-state index contributed by atoms with van der Waals surface area (Å²) in [6, 6.07) is 0. The fraction of sp³-hybridized carbons (Fsp3) is 0.875. The molecule has 0 fully saturated rings. The Morgan fingerprint density at radius 1 is 0.690 bits per heavy atom. The lowest BCUT2D eigenvalue weighted by molar-refractivity contribution is -0.149. The normalized spacial score (nSPS) is 10.9. The molecule has 0 saturated carbocycles. The molecule has 0 aromatic carbocycles. The third kappa shape index (κ3) is 19.7. The fourth-order valence-corrected chi connectivity index (χ4v) is 3.19. The highest BCUT2D eigenvalue weighted by Gasteiger charge is 2.15. The molecule has 0 rings (SSSR count). The molecule has 29 heavy (non-hydrogen) atoms. The monoisotopic (exact) mass is 412 g/mol. The van der Waals surface area contributed by atoms with Crippen LogP contribution in [0.15, 0.2) is 0 Å². The van der Waals surface area contributed by atoms with E-state index in [4.69, 9.17) is 9.47 Å². The number of carbonyl (C=O) groups excluding carboxylic acids is 3. The summed E-state index contributed by atoms with van der Waals surface area (Å²) in [4.78, 5) is 34.4. The van der Waals surface area contributed by atoms with Crippen LogP contribution in [-0.2, 0) is 23.9 Å². The van der Waals surface area contributed by atoms with Gasteiger partial charge in [0.05, 0.1) is 13.2 Å². The van der Waals surface area contributed by atoms with Crippen molar-refractivity contribution in [3.8, 4) is 0 Å². The van der Waals surface area contributed by atoms with E-state index < -0.39 is 0 Å². The van der Waals surface area contributed by atoms with E-state index in [2.05, 4.69) is 13.8 Å². The zero-order valence-corrected chi connectivity index (χ0v) is 18.9. The quantitative estimate of drug-likeness (QED) is 0.128. The maximum atomic E-state index is 11.9. The Labute approximate surface area is 178 Å². The van der Waals surface area contributed by atoms with Gasteiger partial charge >= 0.3 is 11.9 Å². The van der Waals surface area contributed by atoms with Crippen LogP contribution in [0.5, 0.6) is 0 Å². The standard InChI is InChI=1S/C24H44O5/c1-3-5-7-9-13-17-23(26)28-20-22(16-12-11-15-19-25)21-29-24(27)18-14-10-8-6-4-2/h19,22H,3-18,20-21H2,1-2H3. The maximum absolute atomic E-state index is 11.9. The van der Waals surface area contributed by atoms with Crippen molar-refractivity contribution in [1.82, 2.24) is 0 Å². The lowest BCUT2D eigenvalue weighted by Crippen LogP contribution is -2.21. The van der Waals surface area contributed by atoms with E-state index in [1.54, 1.807) is 0 Å². The molecular formula is C24H44O5. The van der Waals surface area contributed by atoms with Crippen molar-refractivity contribution in [3.63, 3.8) is 0 Å². The van der Waals surface area contributed by atoms with Crippen LogP contribution in [0.25, 0.3) is 0 Å². The zero-order chi connectivity index (χ0) is 21.6. The lowest BCUT2D eigenvalue weighted by atomic mass is 10.0. The van der Waals surface area contributed by atoms with Crippen molar-refractivity contribution >= 4 is 18.2 Å². The van der Waals surface area contributed by atoms with E-state index >= 15 is 0 Å². The van der Waals surface area contributed by atoms with Crippen molar-refractivity contribution in [3.05, 3.63) is 0 Å². The second-order valence-corrected chi connectivity index (χ2v) is 8.01. The van der Waals surface area contributed by atoms with Crippen LogP contribution in [-0.4, -0.2) is 31.4 Å². The Balaban J connectivity index is 4.10. The Bertz CT molecular complexity index is 378. The maximum Gasteiger partial charge on any atom is 0.305 e. The third-order valence-corrected chi connectivity index (χ3v) is 5.11. The highest BCUT2D eigenvalue weighted by atomic mass is 16.5. The second-order valence-electron chi connectivity index (χ2n) is 8.01. The molecule has 0 aliphatic rings. The molecule has 5 heteroatoms. The minimum absolute atomic E-state index is 0.00901. The highest BCUT2D eigenvalue weighted by molar-refractivity contribution is 5.69. The first-order chi connectivity index (χ1) is 14.1. The number of esters is 2. The van der Waals surface area contributed by atoms with Gasteiger partial charge in [0, 0.05) is 25.2 Å². The number of unbranched alkanes of at least 4 members (excludes halogenated alkanes) is 10. The van der Waals surface area contributed by atoms with Gasteiger partial charge in [-0.2, -0.15) is 0 Å². The van der Waals surface area contributed by atoms with E-state index in [1.807, 2.05) is 0 Å². The molecule has 5 nitrogen and oxygen atoms in total. The van der Waals surface area contributed by atoms with Gasteiger partial charge < -0.3 is 14.3 Å². The molecule has 0 saturated heterocycles. The number of rotatable bonds is 21. The number of hydrogen-bond donors (Lipinski definition) is 0. The SMILES string of the molecule is CCCCCCCC(=O)OCC(CCCCC=O)COC(=O)CCCCCCC. The van der Waals surface area contributed by atoms with Gasteiger partial charge in [-0.15, -0.1) is 0 Å². The topological polar surface area (TPSA) is 69.7 Å². The summed E-state index contributed by atoms with van der Waals surface area (Å²) in [5.41, 5.74) is 0. The largest absolute Gasteiger partial charge is 0.465 e. The van der Waals surface area contributed by atoms with Crippen molar-refractivity contribution in [2.75, 3.05) is 13.2 Å². The van der Waals surface area contributed by atoms with E-state index in [1.165, 1.54) is 25.7 Å². The van der Waals surface area contributed by atoms with Crippen LogP contribution in [0, 0.1) is 5.92 Å². The minimum Gasteiger partial charge on any atom is -0.465 e. The highest BCUT2D eigenvalue weighted by Crippen LogP contribution is 2.14. The molecule has 0 heterocycles.